The maximum Gasteiger partial charge on any atom is 0.170 e. The lowest BCUT2D eigenvalue weighted by molar-refractivity contribution is 0.254. The first kappa shape index (κ1) is 15.9. The molecule has 0 fully saturated rings. The average molecular weight is 315 g/mol. The van der Waals surface area contributed by atoms with Crippen molar-refractivity contribution in [3.63, 3.8) is 0 Å². The van der Waals surface area contributed by atoms with E-state index in [0.717, 1.165) is 48.8 Å². The molecule has 0 spiro atoms. The number of hydrogen-bond acceptors (Lipinski definition) is 4. The van der Waals surface area contributed by atoms with Crippen molar-refractivity contribution in [3.8, 4) is 22.8 Å². The van der Waals surface area contributed by atoms with Crippen LogP contribution < -0.4 is 9.47 Å². The number of H-pyrrole nitrogens is 1. The van der Waals surface area contributed by atoms with Crippen molar-refractivity contribution in [2.75, 3.05) is 26.8 Å². The van der Waals surface area contributed by atoms with Crippen molar-refractivity contribution in [1.29, 1.82) is 0 Å². The Morgan fingerprint density at radius 1 is 1.30 bits per heavy atom. The first-order valence-electron chi connectivity index (χ1n) is 8.37. The van der Waals surface area contributed by atoms with E-state index in [-0.39, 0.29) is 0 Å². The monoisotopic (exact) mass is 315 g/mol. The van der Waals surface area contributed by atoms with Gasteiger partial charge in [0.05, 0.1) is 13.7 Å². The zero-order valence-electron chi connectivity index (χ0n) is 14.2. The average Bonchev–Trinajstić information content (AvgIpc) is 2.98. The van der Waals surface area contributed by atoms with Crippen LogP contribution in [0.3, 0.4) is 0 Å². The summed E-state index contributed by atoms with van der Waals surface area (Å²) < 4.78 is 11.3. The van der Waals surface area contributed by atoms with Gasteiger partial charge in [-0.3, -0.25) is 10.00 Å². The molecule has 124 valence electrons. The summed E-state index contributed by atoms with van der Waals surface area (Å²) in [6, 6.07) is 5.99. The highest BCUT2D eigenvalue weighted by Crippen LogP contribution is 2.40. The summed E-state index contributed by atoms with van der Waals surface area (Å²) in [4.78, 5) is 2.49. The lowest BCUT2D eigenvalue weighted by atomic mass is 10.00. The predicted octanol–water partition coefficient (Wildman–Crippen LogP) is 3.25. The molecule has 1 aromatic carbocycles. The molecule has 1 aliphatic rings. The van der Waals surface area contributed by atoms with Gasteiger partial charge in [-0.1, -0.05) is 13.0 Å². The van der Waals surface area contributed by atoms with Gasteiger partial charge in [0.25, 0.3) is 0 Å². The highest BCUT2D eigenvalue weighted by Gasteiger charge is 2.24. The van der Waals surface area contributed by atoms with Crippen LogP contribution >= 0.6 is 0 Å². The molecule has 2 heterocycles. The summed E-state index contributed by atoms with van der Waals surface area (Å²) >= 11 is 0. The van der Waals surface area contributed by atoms with Crippen LogP contribution in [0, 0.1) is 0 Å². The number of methoxy groups -OCH3 is 1. The highest BCUT2D eigenvalue weighted by molar-refractivity contribution is 5.74. The molecule has 0 bridgehead atoms. The van der Waals surface area contributed by atoms with Gasteiger partial charge in [0.15, 0.2) is 11.5 Å². The van der Waals surface area contributed by atoms with Gasteiger partial charge >= 0.3 is 0 Å². The van der Waals surface area contributed by atoms with Crippen LogP contribution in [-0.2, 0) is 13.0 Å². The zero-order chi connectivity index (χ0) is 16.2. The van der Waals surface area contributed by atoms with Gasteiger partial charge in [-0.05, 0) is 32.0 Å². The van der Waals surface area contributed by atoms with Crippen molar-refractivity contribution >= 4 is 0 Å². The molecule has 23 heavy (non-hydrogen) atoms. The maximum atomic E-state index is 5.70. The van der Waals surface area contributed by atoms with E-state index in [2.05, 4.69) is 28.1 Å². The standard InChI is InChI=1S/C18H25N3O2/c1-4-10-21-11-9-15-14(12-21)17(20-19-15)13-7-6-8-16(23-5-2)18(13)22-3/h6-8H,4-5,9-12H2,1-3H3,(H,19,20). The highest BCUT2D eigenvalue weighted by atomic mass is 16.5. The normalized spacial score (nSPS) is 14.6. The van der Waals surface area contributed by atoms with Crippen LogP contribution in [0.2, 0.25) is 0 Å². The van der Waals surface area contributed by atoms with Gasteiger partial charge in [0, 0.05) is 36.3 Å². The number of ether oxygens (including phenoxy) is 2. The lowest BCUT2D eigenvalue weighted by Crippen LogP contribution is -2.31. The quantitative estimate of drug-likeness (QED) is 0.889. The maximum absolute atomic E-state index is 5.70. The lowest BCUT2D eigenvalue weighted by Gasteiger charge is -2.26. The van der Waals surface area contributed by atoms with Gasteiger partial charge in [-0.25, -0.2) is 0 Å². The number of para-hydroxylation sites is 1. The Bertz CT molecular complexity index is 666. The number of fused-ring (bicyclic) bond motifs is 1. The molecule has 5 heteroatoms. The molecular weight excluding hydrogens is 290 g/mol. The Kier molecular flexibility index (Phi) is 4.86. The molecular formula is C18H25N3O2. The molecule has 0 saturated heterocycles. The van der Waals surface area contributed by atoms with Crippen molar-refractivity contribution in [2.24, 2.45) is 0 Å². The van der Waals surface area contributed by atoms with E-state index in [9.17, 15) is 0 Å². The van der Waals surface area contributed by atoms with Gasteiger partial charge in [-0.2, -0.15) is 5.10 Å². The van der Waals surface area contributed by atoms with E-state index in [1.807, 2.05) is 19.1 Å². The molecule has 2 aromatic rings. The van der Waals surface area contributed by atoms with Gasteiger partial charge in [0.2, 0.25) is 0 Å². The number of aromatic amines is 1. The van der Waals surface area contributed by atoms with E-state index < -0.39 is 0 Å². The molecule has 1 aliphatic heterocycles. The van der Waals surface area contributed by atoms with Crippen LogP contribution in [0.15, 0.2) is 18.2 Å². The minimum Gasteiger partial charge on any atom is -0.492 e. The van der Waals surface area contributed by atoms with Crippen molar-refractivity contribution in [2.45, 2.75) is 33.2 Å². The minimum absolute atomic E-state index is 0.614. The number of hydrogen-bond donors (Lipinski definition) is 1. The van der Waals surface area contributed by atoms with E-state index in [4.69, 9.17) is 9.47 Å². The summed E-state index contributed by atoms with van der Waals surface area (Å²) in [5.41, 5.74) is 4.52. The smallest absolute Gasteiger partial charge is 0.170 e. The molecule has 1 aromatic heterocycles. The summed E-state index contributed by atoms with van der Waals surface area (Å²) in [5.74, 6) is 1.53. The Balaban J connectivity index is 2.00. The molecule has 0 unspecified atom stereocenters. The third kappa shape index (κ3) is 3.06. The van der Waals surface area contributed by atoms with E-state index in [1.165, 1.54) is 17.7 Å². The first-order valence-corrected chi connectivity index (χ1v) is 8.37. The number of benzene rings is 1. The van der Waals surface area contributed by atoms with Crippen LogP contribution in [0.5, 0.6) is 11.5 Å². The Hall–Kier alpha value is -2.01. The van der Waals surface area contributed by atoms with E-state index in [1.54, 1.807) is 7.11 Å². The Labute approximate surface area is 137 Å². The van der Waals surface area contributed by atoms with Crippen molar-refractivity contribution in [1.82, 2.24) is 15.1 Å². The molecule has 0 saturated carbocycles. The number of rotatable bonds is 6. The van der Waals surface area contributed by atoms with Crippen LogP contribution in [0.4, 0.5) is 0 Å². The number of nitrogens with zero attached hydrogens (tertiary/aromatic N) is 2. The molecule has 1 N–H and O–H groups in total. The summed E-state index contributed by atoms with van der Waals surface area (Å²) in [6.45, 7) is 7.98. The number of aromatic nitrogens is 2. The summed E-state index contributed by atoms with van der Waals surface area (Å²) in [5, 5.41) is 7.80. The number of nitrogens with one attached hydrogen (secondary N) is 1. The SMILES string of the molecule is CCCN1CCc2[nH]nc(-c3cccc(OCC)c3OC)c2C1. The fraction of sp³-hybridized carbons (Fsp3) is 0.500. The molecule has 0 aliphatic carbocycles. The molecule has 0 amide bonds. The van der Waals surface area contributed by atoms with E-state index in [0.29, 0.717) is 6.61 Å². The Morgan fingerprint density at radius 3 is 2.91 bits per heavy atom. The van der Waals surface area contributed by atoms with E-state index >= 15 is 0 Å². The van der Waals surface area contributed by atoms with Crippen molar-refractivity contribution in [3.05, 3.63) is 29.5 Å². The summed E-state index contributed by atoms with van der Waals surface area (Å²) in [7, 11) is 1.68. The predicted molar refractivity (Wildman–Crippen MR) is 91.0 cm³/mol. The third-order valence-electron chi connectivity index (χ3n) is 4.29. The summed E-state index contributed by atoms with van der Waals surface area (Å²) in [6.07, 6.45) is 2.20. The second-order valence-electron chi connectivity index (χ2n) is 5.83. The van der Waals surface area contributed by atoms with Gasteiger partial charge in [-0.15, -0.1) is 0 Å². The van der Waals surface area contributed by atoms with Gasteiger partial charge in [0.1, 0.15) is 5.69 Å². The molecule has 0 atom stereocenters. The Morgan fingerprint density at radius 2 is 2.17 bits per heavy atom. The van der Waals surface area contributed by atoms with Gasteiger partial charge < -0.3 is 9.47 Å². The largest absolute Gasteiger partial charge is 0.492 e. The fourth-order valence-electron chi connectivity index (χ4n) is 3.26. The van der Waals surface area contributed by atoms with Crippen LogP contribution in [0.1, 0.15) is 31.5 Å². The second kappa shape index (κ2) is 7.04. The zero-order valence-corrected chi connectivity index (χ0v) is 14.2. The third-order valence-corrected chi connectivity index (χ3v) is 4.29. The molecule has 5 nitrogen and oxygen atoms in total. The first-order chi connectivity index (χ1) is 11.3. The second-order valence-corrected chi connectivity index (χ2v) is 5.83. The fourth-order valence-corrected chi connectivity index (χ4v) is 3.26. The minimum atomic E-state index is 0.614. The topological polar surface area (TPSA) is 50.4 Å². The van der Waals surface area contributed by atoms with Crippen molar-refractivity contribution < 1.29 is 9.47 Å². The molecule has 0 radical (unpaired) electrons. The molecule has 3 rings (SSSR count). The van der Waals surface area contributed by atoms with Crippen LogP contribution in [-0.4, -0.2) is 41.9 Å². The van der Waals surface area contributed by atoms with Crippen LogP contribution in [0.25, 0.3) is 11.3 Å².